The van der Waals surface area contributed by atoms with Crippen molar-refractivity contribution in [2.45, 2.75) is 69.7 Å². The van der Waals surface area contributed by atoms with Gasteiger partial charge in [0.05, 0.1) is 5.54 Å². The van der Waals surface area contributed by atoms with E-state index in [1.165, 1.54) is 19.3 Å². The summed E-state index contributed by atoms with van der Waals surface area (Å²) in [6.07, 6.45) is 13.1. The molecule has 2 rings (SSSR count). The normalized spacial score (nSPS) is 25.7. The van der Waals surface area contributed by atoms with Gasteiger partial charge >= 0.3 is 0 Å². The van der Waals surface area contributed by atoms with Gasteiger partial charge in [-0.3, -0.25) is 4.79 Å². The number of hydrogen-bond acceptors (Lipinski definition) is 2. The van der Waals surface area contributed by atoms with Crippen molar-refractivity contribution in [1.82, 2.24) is 0 Å². The molecule has 0 saturated heterocycles. The fourth-order valence-electron chi connectivity index (χ4n) is 2.95. The average Bonchev–Trinajstić information content (AvgIpc) is 2.57. The SMILES string of the molecule is NC1(C(=O)C2=CCCCCC2)CCCCC1. The minimum Gasteiger partial charge on any atom is -0.319 e. The molecule has 90 valence electrons. The smallest absolute Gasteiger partial charge is 0.178 e. The quantitative estimate of drug-likeness (QED) is 0.778. The summed E-state index contributed by atoms with van der Waals surface area (Å²) >= 11 is 0. The number of ketones is 1. The van der Waals surface area contributed by atoms with Crippen LogP contribution in [-0.4, -0.2) is 11.3 Å². The van der Waals surface area contributed by atoms with Crippen molar-refractivity contribution < 1.29 is 4.79 Å². The molecule has 2 heteroatoms. The molecule has 16 heavy (non-hydrogen) atoms. The maximum Gasteiger partial charge on any atom is 0.178 e. The average molecular weight is 221 g/mol. The van der Waals surface area contributed by atoms with Gasteiger partial charge in [0.15, 0.2) is 5.78 Å². The maximum atomic E-state index is 12.4. The van der Waals surface area contributed by atoms with E-state index in [1.807, 2.05) is 0 Å². The maximum absolute atomic E-state index is 12.4. The van der Waals surface area contributed by atoms with Crippen LogP contribution < -0.4 is 5.73 Å². The molecule has 0 aromatic heterocycles. The van der Waals surface area contributed by atoms with Gasteiger partial charge in [-0.15, -0.1) is 0 Å². The van der Waals surface area contributed by atoms with Crippen molar-refractivity contribution in [2.24, 2.45) is 5.73 Å². The second kappa shape index (κ2) is 5.13. The zero-order chi connectivity index (χ0) is 11.4. The number of allylic oxidation sites excluding steroid dienone is 1. The number of hydrogen-bond donors (Lipinski definition) is 1. The molecular weight excluding hydrogens is 198 g/mol. The Morgan fingerprint density at radius 3 is 2.50 bits per heavy atom. The number of Topliss-reactive ketones (excluding diaryl/α,β-unsaturated/α-hetero) is 1. The van der Waals surface area contributed by atoms with Gasteiger partial charge in [-0.1, -0.05) is 31.8 Å². The number of carbonyl (C=O) groups excluding carboxylic acids is 1. The monoisotopic (exact) mass is 221 g/mol. The summed E-state index contributed by atoms with van der Waals surface area (Å²) in [7, 11) is 0. The minimum atomic E-state index is -0.519. The Hall–Kier alpha value is -0.630. The van der Waals surface area contributed by atoms with Crippen LogP contribution in [0, 0.1) is 0 Å². The van der Waals surface area contributed by atoms with Crippen LogP contribution in [0.2, 0.25) is 0 Å². The first-order chi connectivity index (χ1) is 7.72. The van der Waals surface area contributed by atoms with Gasteiger partial charge in [0.25, 0.3) is 0 Å². The molecule has 0 radical (unpaired) electrons. The second-order valence-corrected chi connectivity index (χ2v) is 5.37. The van der Waals surface area contributed by atoms with Crippen LogP contribution >= 0.6 is 0 Å². The van der Waals surface area contributed by atoms with E-state index in [-0.39, 0.29) is 5.78 Å². The molecule has 0 aromatic carbocycles. The van der Waals surface area contributed by atoms with E-state index >= 15 is 0 Å². The molecule has 0 atom stereocenters. The molecule has 0 heterocycles. The Kier molecular flexibility index (Phi) is 3.80. The summed E-state index contributed by atoms with van der Waals surface area (Å²) in [5.74, 6) is 0.258. The van der Waals surface area contributed by atoms with Crippen molar-refractivity contribution in [1.29, 1.82) is 0 Å². The van der Waals surface area contributed by atoms with E-state index in [4.69, 9.17) is 5.73 Å². The number of rotatable bonds is 2. The zero-order valence-electron chi connectivity index (χ0n) is 10.1. The molecule has 1 fully saturated rings. The van der Waals surface area contributed by atoms with E-state index in [0.717, 1.165) is 50.5 Å². The van der Waals surface area contributed by atoms with Crippen molar-refractivity contribution in [3.63, 3.8) is 0 Å². The summed E-state index contributed by atoms with van der Waals surface area (Å²) in [4.78, 5) is 12.4. The van der Waals surface area contributed by atoms with Gasteiger partial charge in [-0.25, -0.2) is 0 Å². The third-order valence-electron chi connectivity index (χ3n) is 4.03. The first kappa shape index (κ1) is 11.8. The standard InChI is InChI=1S/C14H23NO/c15-14(10-6-3-7-11-14)13(16)12-8-4-1-2-5-9-12/h8H,1-7,9-11,15H2. The number of nitrogens with two attached hydrogens (primary N) is 1. The Bertz CT molecular complexity index is 287. The molecule has 2 N–H and O–H groups in total. The Morgan fingerprint density at radius 1 is 1.06 bits per heavy atom. The third kappa shape index (κ3) is 2.54. The summed E-state index contributed by atoms with van der Waals surface area (Å²) < 4.78 is 0. The zero-order valence-corrected chi connectivity index (χ0v) is 10.1. The van der Waals surface area contributed by atoms with Gasteiger partial charge in [0, 0.05) is 0 Å². The molecule has 0 unspecified atom stereocenters. The van der Waals surface area contributed by atoms with Crippen LogP contribution in [0.3, 0.4) is 0 Å². The van der Waals surface area contributed by atoms with E-state index in [1.54, 1.807) is 0 Å². The molecule has 2 nitrogen and oxygen atoms in total. The summed E-state index contributed by atoms with van der Waals surface area (Å²) in [5, 5.41) is 0. The Balaban J connectivity index is 2.07. The van der Waals surface area contributed by atoms with Crippen LogP contribution in [0.5, 0.6) is 0 Å². The Labute approximate surface area is 98.3 Å². The van der Waals surface area contributed by atoms with E-state index in [9.17, 15) is 4.79 Å². The summed E-state index contributed by atoms with van der Waals surface area (Å²) in [5.41, 5.74) is 6.80. The lowest BCUT2D eigenvalue weighted by atomic mass is 9.76. The van der Waals surface area contributed by atoms with Crippen molar-refractivity contribution in [3.8, 4) is 0 Å². The van der Waals surface area contributed by atoms with E-state index in [0.29, 0.717) is 0 Å². The minimum absolute atomic E-state index is 0.258. The molecule has 0 aromatic rings. The van der Waals surface area contributed by atoms with Gasteiger partial charge < -0.3 is 5.73 Å². The molecular formula is C14H23NO. The molecule has 2 aliphatic carbocycles. The lowest BCUT2D eigenvalue weighted by Gasteiger charge is -2.32. The molecule has 2 aliphatic rings. The van der Waals surface area contributed by atoms with Gasteiger partial charge in [-0.05, 0) is 44.1 Å². The van der Waals surface area contributed by atoms with Crippen LogP contribution in [0.15, 0.2) is 11.6 Å². The van der Waals surface area contributed by atoms with E-state index in [2.05, 4.69) is 6.08 Å². The van der Waals surface area contributed by atoms with Crippen molar-refractivity contribution in [2.75, 3.05) is 0 Å². The second-order valence-electron chi connectivity index (χ2n) is 5.37. The number of carbonyl (C=O) groups is 1. The van der Waals surface area contributed by atoms with Crippen LogP contribution in [0.1, 0.15) is 64.2 Å². The van der Waals surface area contributed by atoms with Gasteiger partial charge in [-0.2, -0.15) is 0 Å². The van der Waals surface area contributed by atoms with Crippen molar-refractivity contribution >= 4 is 5.78 Å². The summed E-state index contributed by atoms with van der Waals surface area (Å²) in [6.45, 7) is 0. The van der Waals surface area contributed by atoms with Crippen LogP contribution in [-0.2, 0) is 4.79 Å². The van der Waals surface area contributed by atoms with Crippen LogP contribution in [0.4, 0.5) is 0 Å². The molecule has 0 bridgehead atoms. The largest absolute Gasteiger partial charge is 0.319 e. The highest BCUT2D eigenvalue weighted by Crippen LogP contribution is 2.31. The Morgan fingerprint density at radius 2 is 1.75 bits per heavy atom. The first-order valence-electron chi connectivity index (χ1n) is 6.75. The highest BCUT2D eigenvalue weighted by molar-refractivity contribution is 6.02. The molecule has 1 saturated carbocycles. The highest BCUT2D eigenvalue weighted by Gasteiger charge is 2.36. The molecule has 0 aliphatic heterocycles. The lowest BCUT2D eigenvalue weighted by molar-refractivity contribution is -0.121. The summed E-state index contributed by atoms with van der Waals surface area (Å²) in [6, 6.07) is 0. The third-order valence-corrected chi connectivity index (χ3v) is 4.03. The van der Waals surface area contributed by atoms with Crippen molar-refractivity contribution in [3.05, 3.63) is 11.6 Å². The lowest BCUT2D eigenvalue weighted by Crippen LogP contribution is -2.50. The topological polar surface area (TPSA) is 43.1 Å². The first-order valence-corrected chi connectivity index (χ1v) is 6.75. The predicted octanol–water partition coefficient (Wildman–Crippen LogP) is 3.11. The molecule has 0 spiro atoms. The predicted molar refractivity (Wildman–Crippen MR) is 66.2 cm³/mol. The van der Waals surface area contributed by atoms with Gasteiger partial charge in [0.2, 0.25) is 0 Å². The fraction of sp³-hybridized carbons (Fsp3) is 0.786. The van der Waals surface area contributed by atoms with Crippen LogP contribution in [0.25, 0.3) is 0 Å². The molecule has 0 amide bonds. The van der Waals surface area contributed by atoms with Gasteiger partial charge in [0.1, 0.15) is 0 Å². The highest BCUT2D eigenvalue weighted by atomic mass is 16.1. The van der Waals surface area contributed by atoms with E-state index < -0.39 is 5.54 Å². The fourth-order valence-corrected chi connectivity index (χ4v) is 2.95.